The van der Waals surface area contributed by atoms with Crippen LogP contribution in [0.5, 0.6) is 0 Å². The van der Waals surface area contributed by atoms with E-state index in [-0.39, 0.29) is 12.3 Å². The van der Waals surface area contributed by atoms with Crippen molar-refractivity contribution in [1.29, 1.82) is 0 Å². The number of benzene rings is 3. The molecule has 0 aliphatic carbocycles. The molecule has 0 unspecified atom stereocenters. The third-order valence-corrected chi connectivity index (χ3v) is 5.83. The monoisotopic (exact) mass is 424 g/mol. The fourth-order valence-corrected chi connectivity index (χ4v) is 3.91. The van der Waals surface area contributed by atoms with E-state index >= 15 is 0 Å². The summed E-state index contributed by atoms with van der Waals surface area (Å²) in [6.45, 7) is 1.82. The molecular weight excluding hydrogens is 400 g/mol. The molecule has 2 N–H and O–H groups in total. The van der Waals surface area contributed by atoms with E-state index in [1.54, 1.807) is 6.07 Å². The minimum Gasteiger partial charge on any atom is -0.480 e. The molecule has 32 heavy (non-hydrogen) atoms. The number of aliphatic carboxylic acids is 1. The summed E-state index contributed by atoms with van der Waals surface area (Å²) in [5, 5.41) is 13.6. The second-order valence-corrected chi connectivity index (χ2v) is 7.92. The number of carbonyl (C=O) groups excluding carboxylic acids is 1. The number of rotatable bonds is 7. The lowest BCUT2D eigenvalue weighted by Gasteiger charge is -2.31. The van der Waals surface area contributed by atoms with Gasteiger partial charge in [-0.3, -0.25) is 9.78 Å². The Hall–Kier alpha value is -3.99. The minimum absolute atomic E-state index is 0.0889. The summed E-state index contributed by atoms with van der Waals surface area (Å²) in [6, 6.07) is 29.1. The van der Waals surface area contributed by atoms with Gasteiger partial charge in [0.2, 0.25) is 5.91 Å². The second-order valence-electron chi connectivity index (χ2n) is 7.92. The van der Waals surface area contributed by atoms with E-state index in [2.05, 4.69) is 10.3 Å². The van der Waals surface area contributed by atoms with Crippen molar-refractivity contribution >= 4 is 22.8 Å². The summed E-state index contributed by atoms with van der Waals surface area (Å²) < 4.78 is 0. The zero-order valence-corrected chi connectivity index (χ0v) is 17.7. The Morgan fingerprint density at radius 1 is 0.844 bits per heavy atom. The first-order chi connectivity index (χ1) is 15.5. The van der Waals surface area contributed by atoms with Crippen molar-refractivity contribution in [3.8, 4) is 0 Å². The number of fused-ring (bicyclic) bond motifs is 1. The molecule has 3 aromatic carbocycles. The van der Waals surface area contributed by atoms with Crippen LogP contribution in [0.15, 0.2) is 97.1 Å². The average molecular weight is 425 g/mol. The third kappa shape index (κ3) is 4.23. The molecule has 0 aliphatic heterocycles. The smallest absolute Gasteiger partial charge is 0.326 e. The van der Waals surface area contributed by atoms with Gasteiger partial charge in [-0.25, -0.2) is 4.79 Å². The van der Waals surface area contributed by atoms with Gasteiger partial charge in [0.25, 0.3) is 0 Å². The molecule has 0 saturated carbocycles. The molecule has 1 aromatic heterocycles. The number of pyridine rings is 1. The van der Waals surface area contributed by atoms with E-state index in [9.17, 15) is 14.7 Å². The normalized spacial score (nSPS) is 12.3. The number of hydrogen-bond donors (Lipinski definition) is 2. The molecule has 160 valence electrons. The molecule has 0 spiro atoms. The number of hydrogen-bond acceptors (Lipinski definition) is 3. The van der Waals surface area contributed by atoms with Crippen molar-refractivity contribution in [1.82, 2.24) is 10.3 Å². The van der Waals surface area contributed by atoms with Crippen LogP contribution in [-0.4, -0.2) is 28.0 Å². The second kappa shape index (κ2) is 9.02. The molecule has 0 radical (unpaired) electrons. The molecule has 5 heteroatoms. The van der Waals surface area contributed by atoms with E-state index in [4.69, 9.17) is 0 Å². The molecule has 1 atom stereocenters. The highest BCUT2D eigenvalue weighted by atomic mass is 16.4. The van der Waals surface area contributed by atoms with E-state index in [1.165, 1.54) is 0 Å². The zero-order valence-electron chi connectivity index (χ0n) is 17.7. The van der Waals surface area contributed by atoms with Crippen LogP contribution in [0, 0.1) is 0 Å². The largest absolute Gasteiger partial charge is 0.480 e. The van der Waals surface area contributed by atoms with Gasteiger partial charge < -0.3 is 10.4 Å². The van der Waals surface area contributed by atoms with Gasteiger partial charge in [0.05, 0.1) is 10.9 Å². The fraction of sp³-hybridized carbons (Fsp3) is 0.148. The van der Waals surface area contributed by atoms with E-state index < -0.39 is 17.4 Å². The molecule has 1 heterocycles. The predicted molar refractivity (Wildman–Crippen MR) is 124 cm³/mol. The number of carboxylic acid groups (broad SMARTS) is 1. The van der Waals surface area contributed by atoms with Crippen LogP contribution < -0.4 is 5.32 Å². The number of nitrogens with one attached hydrogen (secondary N) is 1. The Balaban J connectivity index is 1.65. The van der Waals surface area contributed by atoms with Crippen LogP contribution in [0.25, 0.3) is 10.9 Å². The van der Waals surface area contributed by atoms with Crippen LogP contribution in [-0.2, 0) is 21.4 Å². The molecule has 4 aromatic rings. The van der Waals surface area contributed by atoms with Crippen LogP contribution in [0.2, 0.25) is 0 Å². The van der Waals surface area contributed by atoms with Gasteiger partial charge in [-0.1, -0.05) is 84.9 Å². The van der Waals surface area contributed by atoms with Gasteiger partial charge in [-0.05, 0) is 30.2 Å². The molecule has 0 bridgehead atoms. The quantitative estimate of drug-likeness (QED) is 0.462. The lowest BCUT2D eigenvalue weighted by Crippen LogP contribution is -2.50. The van der Waals surface area contributed by atoms with E-state index in [0.717, 1.165) is 22.0 Å². The maximum Gasteiger partial charge on any atom is 0.326 e. The van der Waals surface area contributed by atoms with Crippen molar-refractivity contribution in [2.45, 2.75) is 24.8 Å². The van der Waals surface area contributed by atoms with Gasteiger partial charge in [0.15, 0.2) is 0 Å². The summed E-state index contributed by atoms with van der Waals surface area (Å²) in [7, 11) is 0. The van der Waals surface area contributed by atoms with Crippen LogP contribution >= 0.6 is 0 Å². The predicted octanol–water partition coefficient (Wildman–Crippen LogP) is 4.35. The van der Waals surface area contributed by atoms with Gasteiger partial charge in [-0.2, -0.15) is 0 Å². The Labute approximate surface area is 186 Å². The number of carbonyl (C=O) groups is 2. The Bertz CT molecular complexity index is 1200. The Kier molecular flexibility index (Phi) is 5.99. The van der Waals surface area contributed by atoms with Crippen LogP contribution in [0.4, 0.5) is 0 Å². The first-order valence-corrected chi connectivity index (χ1v) is 10.5. The fourth-order valence-electron chi connectivity index (χ4n) is 3.91. The Morgan fingerprint density at radius 3 is 2.00 bits per heavy atom. The maximum absolute atomic E-state index is 13.6. The van der Waals surface area contributed by atoms with Gasteiger partial charge >= 0.3 is 5.97 Å². The topological polar surface area (TPSA) is 79.3 Å². The molecule has 1 amide bonds. The molecule has 0 fully saturated rings. The summed E-state index contributed by atoms with van der Waals surface area (Å²) in [6.07, 6.45) is 0.0889. The van der Waals surface area contributed by atoms with Crippen LogP contribution in [0.3, 0.4) is 0 Å². The molecule has 0 saturated heterocycles. The lowest BCUT2D eigenvalue weighted by molar-refractivity contribution is -0.142. The Morgan fingerprint density at radius 2 is 1.41 bits per heavy atom. The minimum atomic E-state index is -1.11. The highest BCUT2D eigenvalue weighted by molar-refractivity contribution is 5.94. The van der Waals surface area contributed by atoms with Gasteiger partial charge in [0.1, 0.15) is 6.04 Å². The number of nitrogens with zero attached hydrogens (tertiary/aromatic N) is 1. The summed E-state index contributed by atoms with van der Waals surface area (Å²) >= 11 is 0. The summed E-state index contributed by atoms with van der Waals surface area (Å²) in [5.41, 5.74) is 1.93. The van der Waals surface area contributed by atoms with Gasteiger partial charge in [0, 0.05) is 17.5 Å². The zero-order chi connectivity index (χ0) is 22.6. The number of amides is 1. The number of aromatic nitrogens is 1. The third-order valence-electron chi connectivity index (χ3n) is 5.83. The lowest BCUT2D eigenvalue weighted by atomic mass is 9.75. The van der Waals surface area contributed by atoms with Crippen molar-refractivity contribution in [3.63, 3.8) is 0 Å². The number of para-hydroxylation sites is 1. The van der Waals surface area contributed by atoms with Crippen molar-refractivity contribution in [2.24, 2.45) is 0 Å². The van der Waals surface area contributed by atoms with Gasteiger partial charge in [-0.15, -0.1) is 0 Å². The standard InChI is InChI=1S/C27H24N2O3/c1-27(20-11-4-2-5-12-20,21-13-6-3-7-14-21)26(32)29-24(25(30)31)18-22-17-16-19-10-8-9-15-23(19)28-22/h2-17,24H,18H2,1H3,(H,29,32)(H,30,31)/t24-/m1/s1. The highest BCUT2D eigenvalue weighted by Crippen LogP contribution is 2.32. The van der Waals surface area contributed by atoms with Crippen molar-refractivity contribution in [2.75, 3.05) is 0 Å². The first kappa shape index (κ1) is 21.2. The molecule has 0 aliphatic rings. The molecule has 5 nitrogen and oxygen atoms in total. The van der Waals surface area contributed by atoms with Crippen molar-refractivity contribution in [3.05, 3.63) is 114 Å². The molecular formula is C27H24N2O3. The first-order valence-electron chi connectivity index (χ1n) is 10.5. The summed E-state index contributed by atoms with van der Waals surface area (Å²) in [4.78, 5) is 30.2. The van der Waals surface area contributed by atoms with E-state index in [0.29, 0.717) is 5.69 Å². The van der Waals surface area contributed by atoms with Crippen LogP contribution in [0.1, 0.15) is 23.7 Å². The van der Waals surface area contributed by atoms with Crippen molar-refractivity contribution < 1.29 is 14.7 Å². The molecule has 4 rings (SSSR count). The number of carboxylic acids is 1. The van der Waals surface area contributed by atoms with E-state index in [1.807, 2.05) is 97.9 Å². The summed E-state index contributed by atoms with van der Waals surface area (Å²) in [5.74, 6) is -1.47. The highest BCUT2D eigenvalue weighted by Gasteiger charge is 2.39. The average Bonchev–Trinajstić information content (AvgIpc) is 2.84. The maximum atomic E-state index is 13.6. The SMILES string of the molecule is CC(C(=O)N[C@H](Cc1ccc2ccccc2n1)C(=O)O)(c1ccccc1)c1ccccc1.